The zero-order valence-corrected chi connectivity index (χ0v) is 12.8. The molecule has 0 saturated heterocycles. The minimum Gasteiger partial charge on any atom is -0.372 e. The summed E-state index contributed by atoms with van der Waals surface area (Å²) in [6.07, 6.45) is -1.28. The molecule has 0 aliphatic heterocycles. The highest BCUT2D eigenvalue weighted by atomic mass is 35.5. The molecule has 0 radical (unpaired) electrons. The fourth-order valence-electron chi connectivity index (χ4n) is 1.56. The molecule has 0 saturated carbocycles. The smallest absolute Gasteiger partial charge is 0.339 e. The van der Waals surface area contributed by atoms with Crippen LogP contribution in [0.5, 0.6) is 0 Å². The summed E-state index contributed by atoms with van der Waals surface area (Å²) in [5.41, 5.74) is 0.633. The lowest BCUT2D eigenvalue weighted by molar-refractivity contribution is 0.381. The molecule has 0 aliphatic carbocycles. The van der Waals surface area contributed by atoms with Gasteiger partial charge in [0.05, 0.1) is 0 Å². The van der Waals surface area contributed by atoms with E-state index in [4.69, 9.17) is 11.6 Å². The first-order valence-corrected chi connectivity index (χ1v) is 7.76. The van der Waals surface area contributed by atoms with Crippen molar-refractivity contribution >= 4 is 27.5 Å². The highest BCUT2D eigenvalue weighted by Crippen LogP contribution is 2.27. The predicted molar refractivity (Wildman–Crippen MR) is 77.8 cm³/mol. The van der Waals surface area contributed by atoms with Crippen LogP contribution in [0, 0.1) is 6.92 Å². The molecule has 0 amide bonds. The number of benzene rings is 1. The van der Waals surface area contributed by atoms with E-state index < -0.39 is 22.0 Å². The number of hydrogen-bond donors (Lipinski definition) is 0. The first-order valence-electron chi connectivity index (χ1n) is 5.98. The van der Waals surface area contributed by atoms with E-state index in [1.807, 2.05) is 0 Å². The predicted octanol–water partition coefficient (Wildman–Crippen LogP) is 4.01. The molecule has 22 heavy (non-hydrogen) atoms. The largest absolute Gasteiger partial charge is 0.372 e. The number of aromatic nitrogens is 1. The lowest BCUT2D eigenvalue weighted by Crippen LogP contribution is -2.07. The Kier molecular flexibility index (Phi) is 4.77. The summed E-state index contributed by atoms with van der Waals surface area (Å²) in [4.78, 5) is 3.40. The molecule has 0 fully saturated rings. The Morgan fingerprint density at radius 2 is 1.77 bits per heavy atom. The van der Waals surface area contributed by atoms with Crippen LogP contribution in [0.2, 0.25) is 5.15 Å². The van der Waals surface area contributed by atoms with Gasteiger partial charge in [0.15, 0.2) is 0 Å². The van der Waals surface area contributed by atoms with Crippen molar-refractivity contribution in [3.63, 3.8) is 0 Å². The molecule has 0 spiro atoms. The van der Waals surface area contributed by atoms with E-state index in [2.05, 4.69) is 9.17 Å². The van der Waals surface area contributed by atoms with Crippen LogP contribution >= 0.6 is 11.6 Å². The third-order valence-electron chi connectivity index (χ3n) is 2.66. The van der Waals surface area contributed by atoms with Crippen molar-refractivity contribution in [1.29, 1.82) is 0 Å². The van der Waals surface area contributed by atoms with Crippen molar-refractivity contribution < 1.29 is 21.4 Å². The summed E-state index contributed by atoms with van der Waals surface area (Å²) in [5, 5.41) is 0.0868. The van der Waals surface area contributed by atoms with Crippen LogP contribution in [0.25, 0.3) is 5.76 Å². The second-order valence-corrected chi connectivity index (χ2v) is 6.24. The summed E-state index contributed by atoms with van der Waals surface area (Å²) < 4.78 is 54.7. The average molecular weight is 346 g/mol. The van der Waals surface area contributed by atoms with Gasteiger partial charge in [0, 0.05) is 11.8 Å². The van der Waals surface area contributed by atoms with E-state index in [0.29, 0.717) is 0 Å². The Balaban J connectivity index is 2.38. The van der Waals surface area contributed by atoms with Gasteiger partial charge in [0.2, 0.25) is 5.76 Å². The summed E-state index contributed by atoms with van der Waals surface area (Å²) in [6.45, 7) is 1.77. The van der Waals surface area contributed by atoms with Gasteiger partial charge in [-0.2, -0.15) is 17.2 Å². The van der Waals surface area contributed by atoms with Crippen LogP contribution in [-0.4, -0.2) is 13.4 Å². The maximum atomic E-state index is 13.0. The van der Waals surface area contributed by atoms with Crippen molar-refractivity contribution in [2.45, 2.75) is 11.8 Å². The average Bonchev–Trinajstić information content (AvgIpc) is 2.46. The number of nitrogens with zero attached hydrogens (tertiary/aromatic N) is 1. The van der Waals surface area contributed by atoms with Crippen LogP contribution in [0.4, 0.5) is 8.78 Å². The van der Waals surface area contributed by atoms with Crippen molar-refractivity contribution in [1.82, 2.24) is 4.98 Å². The maximum absolute atomic E-state index is 13.0. The molecule has 0 unspecified atom stereocenters. The minimum atomic E-state index is -4.38. The zero-order valence-electron chi connectivity index (χ0n) is 11.3. The summed E-state index contributed by atoms with van der Waals surface area (Å²) >= 11 is 5.57. The van der Waals surface area contributed by atoms with Crippen LogP contribution in [0.3, 0.4) is 0 Å². The molecule has 4 nitrogen and oxygen atoms in total. The monoisotopic (exact) mass is 345 g/mol. The number of aryl methyl sites for hydroxylation is 1. The molecule has 1 heterocycles. The number of pyridine rings is 1. The maximum Gasteiger partial charge on any atom is 0.339 e. The van der Waals surface area contributed by atoms with Gasteiger partial charge < -0.3 is 4.18 Å². The highest BCUT2D eigenvalue weighted by Gasteiger charge is 2.22. The zero-order chi connectivity index (χ0) is 16.3. The van der Waals surface area contributed by atoms with Crippen molar-refractivity contribution in [3.05, 3.63) is 65.0 Å². The summed E-state index contributed by atoms with van der Waals surface area (Å²) in [7, 11) is -4.38. The fraction of sp³-hybridized carbons (Fsp3) is 0.0714. The molecule has 116 valence electrons. The number of halogens is 3. The minimum absolute atomic E-state index is 0.0868. The molecule has 0 bridgehead atoms. The first kappa shape index (κ1) is 16.4. The fourth-order valence-corrected chi connectivity index (χ4v) is 2.62. The van der Waals surface area contributed by atoms with Crippen LogP contribution in [0.15, 0.2) is 53.6 Å². The van der Waals surface area contributed by atoms with Gasteiger partial charge in [-0.25, -0.2) is 4.98 Å². The lowest BCUT2D eigenvalue weighted by Gasteiger charge is -2.10. The van der Waals surface area contributed by atoms with E-state index in [0.717, 1.165) is 11.8 Å². The Bertz CT molecular complexity index is 799. The molecular weight excluding hydrogens is 336 g/mol. The van der Waals surface area contributed by atoms with Crippen molar-refractivity contribution in [3.8, 4) is 0 Å². The molecular formula is C14H10ClF2NO3S. The standard InChI is InChI=1S/C14H10ClF2NO3S/c1-9-2-5-11(6-3-9)22(19,20)21-13(14(16)17)10-4-7-12(15)18-8-10/h2-8H,1H3. The molecule has 1 aromatic carbocycles. The molecule has 8 heteroatoms. The second kappa shape index (κ2) is 6.41. The number of hydrogen-bond acceptors (Lipinski definition) is 4. The molecule has 2 rings (SSSR count). The summed E-state index contributed by atoms with van der Waals surface area (Å²) in [5.74, 6) is -1.08. The van der Waals surface area contributed by atoms with E-state index >= 15 is 0 Å². The lowest BCUT2D eigenvalue weighted by atomic mass is 10.2. The number of rotatable bonds is 4. The van der Waals surface area contributed by atoms with Gasteiger partial charge in [-0.1, -0.05) is 29.3 Å². The van der Waals surface area contributed by atoms with Gasteiger partial charge in [-0.15, -0.1) is 0 Å². The molecule has 2 aromatic rings. The second-order valence-electron chi connectivity index (χ2n) is 4.31. The molecule has 0 atom stereocenters. The SMILES string of the molecule is Cc1ccc(S(=O)(=O)OC(=C(F)F)c2ccc(Cl)nc2)cc1. The Morgan fingerprint density at radius 1 is 1.14 bits per heavy atom. The van der Waals surface area contributed by atoms with Crippen molar-refractivity contribution in [2.24, 2.45) is 0 Å². The van der Waals surface area contributed by atoms with Crippen LogP contribution in [0.1, 0.15) is 11.1 Å². The Morgan fingerprint density at radius 3 is 2.27 bits per heavy atom. The Labute approximate surface area is 131 Å². The topological polar surface area (TPSA) is 56.3 Å². The molecule has 0 aliphatic rings. The third kappa shape index (κ3) is 3.80. The van der Waals surface area contributed by atoms with Crippen molar-refractivity contribution in [2.75, 3.05) is 0 Å². The van der Waals surface area contributed by atoms with Gasteiger partial charge in [0.25, 0.3) is 0 Å². The van der Waals surface area contributed by atoms with E-state index in [9.17, 15) is 17.2 Å². The van der Waals surface area contributed by atoms with E-state index in [1.165, 1.54) is 36.4 Å². The normalized spacial score (nSPS) is 11.1. The van der Waals surface area contributed by atoms with Gasteiger partial charge >= 0.3 is 16.2 Å². The third-order valence-corrected chi connectivity index (χ3v) is 4.12. The van der Waals surface area contributed by atoms with Gasteiger partial charge in [0.1, 0.15) is 10.0 Å². The first-order chi connectivity index (χ1) is 10.3. The molecule has 0 N–H and O–H groups in total. The van der Waals surface area contributed by atoms with Crippen LogP contribution in [-0.2, 0) is 14.3 Å². The molecule has 1 aromatic heterocycles. The van der Waals surface area contributed by atoms with E-state index in [1.54, 1.807) is 6.92 Å². The quantitative estimate of drug-likeness (QED) is 0.477. The van der Waals surface area contributed by atoms with Crippen LogP contribution < -0.4 is 0 Å². The van der Waals surface area contributed by atoms with Gasteiger partial charge in [-0.3, -0.25) is 0 Å². The van der Waals surface area contributed by atoms with E-state index in [-0.39, 0.29) is 15.6 Å². The van der Waals surface area contributed by atoms with Gasteiger partial charge in [-0.05, 0) is 31.2 Å². The Hall–Kier alpha value is -1.99. The highest BCUT2D eigenvalue weighted by molar-refractivity contribution is 7.87. The summed E-state index contributed by atoms with van der Waals surface area (Å²) in [6, 6.07) is 8.07.